The predicted octanol–water partition coefficient (Wildman–Crippen LogP) is 2.14. The lowest BCUT2D eigenvalue weighted by Crippen LogP contribution is -2.67. The van der Waals surface area contributed by atoms with Crippen molar-refractivity contribution >= 4 is 23.5 Å². The lowest BCUT2D eigenvalue weighted by molar-refractivity contribution is -0.384. The van der Waals surface area contributed by atoms with Crippen molar-refractivity contribution in [1.29, 1.82) is 0 Å². The lowest BCUT2D eigenvalue weighted by Gasteiger charge is -2.45. The number of nitro benzene ring substituents is 1. The van der Waals surface area contributed by atoms with Crippen molar-refractivity contribution in [2.45, 2.75) is 51.0 Å². The Morgan fingerprint density at radius 1 is 1.27 bits per heavy atom. The van der Waals surface area contributed by atoms with Crippen molar-refractivity contribution < 1.29 is 33.5 Å². The van der Waals surface area contributed by atoms with Gasteiger partial charge in [0, 0.05) is 25.2 Å². The van der Waals surface area contributed by atoms with E-state index in [0.29, 0.717) is 18.4 Å². The summed E-state index contributed by atoms with van der Waals surface area (Å²) in [5.74, 6) is -1.32. The molecule has 10 heteroatoms. The lowest BCUT2D eigenvalue weighted by atomic mass is 9.71. The highest BCUT2D eigenvalue weighted by atomic mass is 16.7. The molecule has 5 atom stereocenters. The average molecular weight is 420 g/mol. The van der Waals surface area contributed by atoms with E-state index < -0.39 is 35.2 Å². The number of carbonyl (C=O) groups excluding carboxylic acids is 3. The van der Waals surface area contributed by atoms with Gasteiger partial charge in [-0.25, -0.2) is 4.79 Å². The second-order valence-corrected chi connectivity index (χ2v) is 7.51. The number of benzene rings is 1. The van der Waals surface area contributed by atoms with Crippen molar-refractivity contribution in [3.05, 3.63) is 39.9 Å². The highest BCUT2D eigenvalue weighted by molar-refractivity contribution is 5.93. The number of nitro groups is 1. The maximum atomic E-state index is 12.6. The molecule has 1 aliphatic heterocycles. The molecule has 1 aromatic carbocycles. The number of nitrogens with zero attached hydrogens (tertiary/aromatic N) is 1. The van der Waals surface area contributed by atoms with Gasteiger partial charge in [0.05, 0.1) is 16.9 Å². The van der Waals surface area contributed by atoms with Gasteiger partial charge < -0.3 is 19.5 Å². The normalized spacial score (nSPS) is 26.9. The van der Waals surface area contributed by atoms with Gasteiger partial charge in [0.2, 0.25) is 5.91 Å². The van der Waals surface area contributed by atoms with Gasteiger partial charge in [-0.1, -0.05) is 0 Å². The Kier molecular flexibility index (Phi) is 6.66. The fourth-order valence-corrected chi connectivity index (χ4v) is 4.03. The summed E-state index contributed by atoms with van der Waals surface area (Å²) in [7, 11) is 1.49. The van der Waals surface area contributed by atoms with Crippen LogP contribution in [0.5, 0.6) is 0 Å². The molecule has 2 fully saturated rings. The van der Waals surface area contributed by atoms with E-state index in [9.17, 15) is 24.5 Å². The predicted molar refractivity (Wildman–Crippen MR) is 102 cm³/mol. The number of amides is 1. The number of rotatable bonds is 7. The maximum Gasteiger partial charge on any atom is 0.508 e. The fraction of sp³-hybridized carbons (Fsp3) is 0.550. The third-order valence-electron chi connectivity index (χ3n) is 5.67. The van der Waals surface area contributed by atoms with E-state index in [4.69, 9.17) is 14.2 Å². The zero-order chi connectivity index (χ0) is 21.8. The van der Waals surface area contributed by atoms with Crippen molar-refractivity contribution in [3.63, 3.8) is 0 Å². The number of hydrogen-bond donors (Lipinski definition) is 1. The number of methoxy groups -OCH3 is 1. The van der Waals surface area contributed by atoms with Crippen LogP contribution in [-0.2, 0) is 30.4 Å². The molecule has 1 aromatic rings. The van der Waals surface area contributed by atoms with E-state index in [0.717, 1.165) is 6.42 Å². The third kappa shape index (κ3) is 4.59. The van der Waals surface area contributed by atoms with Crippen LogP contribution in [0.3, 0.4) is 0 Å². The van der Waals surface area contributed by atoms with E-state index in [1.807, 2.05) is 0 Å². The van der Waals surface area contributed by atoms with Crippen molar-refractivity contribution in [1.82, 2.24) is 5.32 Å². The quantitative estimate of drug-likeness (QED) is 0.307. The largest absolute Gasteiger partial charge is 0.508 e. The summed E-state index contributed by atoms with van der Waals surface area (Å²) in [4.78, 5) is 46.8. The van der Waals surface area contributed by atoms with Crippen LogP contribution in [0.1, 0.15) is 31.7 Å². The Hall–Kier alpha value is -3.01. The van der Waals surface area contributed by atoms with E-state index in [-0.39, 0.29) is 29.9 Å². The molecular weight excluding hydrogens is 396 g/mol. The van der Waals surface area contributed by atoms with Gasteiger partial charge in [0.1, 0.15) is 18.8 Å². The number of hydrogen-bond acceptors (Lipinski definition) is 8. The SMILES string of the molecule is CO[C@H]1CCC[C@@H]([C@H]2NC(=O)[C@@H]2[C@@H](C)OC(=O)OCc2ccc([N+](=O)[O-])cc2)C1=O. The molecule has 1 heterocycles. The molecular formula is C20H24N2O8. The number of β-lactam (4-membered cyclic amide) rings is 1. The van der Waals surface area contributed by atoms with E-state index >= 15 is 0 Å². The first kappa shape index (κ1) is 21.7. The number of carbonyl (C=O) groups is 3. The van der Waals surface area contributed by atoms with Crippen LogP contribution < -0.4 is 5.32 Å². The van der Waals surface area contributed by atoms with Gasteiger partial charge in [-0.3, -0.25) is 19.7 Å². The number of non-ortho nitro benzene ring substituents is 1. The highest BCUT2D eigenvalue weighted by Gasteiger charge is 2.51. The highest BCUT2D eigenvalue weighted by Crippen LogP contribution is 2.34. The number of nitrogens with one attached hydrogen (secondary N) is 1. The van der Waals surface area contributed by atoms with Crippen LogP contribution in [0.4, 0.5) is 10.5 Å². The molecule has 0 spiro atoms. The van der Waals surface area contributed by atoms with Crippen LogP contribution in [0.2, 0.25) is 0 Å². The zero-order valence-electron chi connectivity index (χ0n) is 16.7. The Morgan fingerprint density at radius 3 is 2.57 bits per heavy atom. The number of Topliss-reactive ketones (excluding diaryl/α,β-unsaturated/α-hetero) is 1. The standard InChI is InChI=1S/C20H24N2O8/c1-11(30-20(25)29-10-12-6-8-13(9-7-12)22(26)27)16-17(21-19(16)24)14-4-3-5-15(28-2)18(14)23/h6-9,11,14-17H,3-5,10H2,1-2H3,(H,21,24)/t11-,14+,15+,16-,17-/m1/s1. The van der Waals surface area contributed by atoms with Crippen molar-refractivity contribution in [2.24, 2.45) is 11.8 Å². The molecule has 0 aromatic heterocycles. The second kappa shape index (κ2) is 9.21. The molecule has 1 saturated carbocycles. The molecule has 1 saturated heterocycles. The van der Waals surface area contributed by atoms with Crippen LogP contribution in [0.25, 0.3) is 0 Å². The molecule has 1 N–H and O–H groups in total. The Labute approximate surface area is 173 Å². The molecule has 0 unspecified atom stereocenters. The van der Waals surface area contributed by atoms with E-state index in [1.165, 1.54) is 31.4 Å². The first-order valence-corrected chi connectivity index (χ1v) is 9.75. The summed E-state index contributed by atoms with van der Waals surface area (Å²) in [5, 5.41) is 13.4. The Bertz CT molecular complexity index is 825. The van der Waals surface area contributed by atoms with E-state index in [1.54, 1.807) is 6.92 Å². The van der Waals surface area contributed by atoms with Crippen molar-refractivity contribution in [3.8, 4) is 0 Å². The topological polar surface area (TPSA) is 134 Å². The molecule has 30 heavy (non-hydrogen) atoms. The minimum atomic E-state index is -0.955. The van der Waals surface area contributed by atoms with Gasteiger partial charge >= 0.3 is 6.16 Å². The van der Waals surface area contributed by atoms with Crippen LogP contribution in [0, 0.1) is 22.0 Å². The van der Waals surface area contributed by atoms with Gasteiger partial charge in [-0.15, -0.1) is 0 Å². The van der Waals surface area contributed by atoms with Crippen LogP contribution in [0.15, 0.2) is 24.3 Å². The van der Waals surface area contributed by atoms with Gasteiger partial charge in [0.15, 0.2) is 5.78 Å². The molecule has 3 rings (SSSR count). The summed E-state index contributed by atoms with van der Waals surface area (Å²) in [6.07, 6.45) is -0.0615. The smallest absolute Gasteiger partial charge is 0.430 e. The molecule has 10 nitrogen and oxygen atoms in total. The van der Waals surface area contributed by atoms with Crippen molar-refractivity contribution in [2.75, 3.05) is 7.11 Å². The van der Waals surface area contributed by atoms with Gasteiger partial charge in [-0.05, 0) is 43.9 Å². The molecule has 162 valence electrons. The average Bonchev–Trinajstić information content (AvgIpc) is 2.71. The third-order valence-corrected chi connectivity index (χ3v) is 5.67. The zero-order valence-corrected chi connectivity index (χ0v) is 16.7. The molecule has 1 aliphatic carbocycles. The molecule has 2 aliphatic rings. The van der Waals surface area contributed by atoms with Crippen LogP contribution in [-0.4, -0.2) is 48.1 Å². The summed E-state index contributed by atoms with van der Waals surface area (Å²) in [6.45, 7) is 1.46. The fourth-order valence-electron chi connectivity index (χ4n) is 4.03. The minimum Gasteiger partial charge on any atom is -0.430 e. The van der Waals surface area contributed by atoms with Crippen LogP contribution >= 0.6 is 0 Å². The summed E-state index contributed by atoms with van der Waals surface area (Å²) >= 11 is 0. The summed E-state index contributed by atoms with van der Waals surface area (Å²) < 4.78 is 15.5. The van der Waals surface area contributed by atoms with E-state index in [2.05, 4.69) is 5.32 Å². The molecule has 0 radical (unpaired) electrons. The second-order valence-electron chi connectivity index (χ2n) is 7.51. The Morgan fingerprint density at radius 2 is 1.97 bits per heavy atom. The van der Waals surface area contributed by atoms with Gasteiger partial charge in [-0.2, -0.15) is 0 Å². The number of ketones is 1. The first-order valence-electron chi connectivity index (χ1n) is 9.75. The molecule has 1 amide bonds. The first-order chi connectivity index (χ1) is 14.3. The number of ether oxygens (including phenoxy) is 3. The monoisotopic (exact) mass is 420 g/mol. The summed E-state index contributed by atoms with van der Waals surface area (Å²) in [6, 6.07) is 5.17. The van der Waals surface area contributed by atoms with Gasteiger partial charge in [0.25, 0.3) is 5.69 Å². The summed E-state index contributed by atoms with van der Waals surface area (Å²) in [5.41, 5.74) is 0.493. The molecule has 0 bridgehead atoms. The minimum absolute atomic E-state index is 0.0355. The maximum absolute atomic E-state index is 12.6. The Balaban J connectivity index is 1.53.